The number of para-hydroxylation sites is 1. The Hall–Kier alpha value is -3.34. The van der Waals surface area contributed by atoms with Gasteiger partial charge in [0.15, 0.2) is 0 Å². The van der Waals surface area contributed by atoms with Gasteiger partial charge < -0.3 is 15.6 Å². The topological polar surface area (TPSA) is 74.0 Å². The van der Waals surface area contributed by atoms with E-state index in [1.807, 2.05) is 36.4 Å². The fourth-order valence-electron chi connectivity index (χ4n) is 3.07. The van der Waals surface area contributed by atoms with Crippen LogP contribution >= 0.6 is 0 Å². The number of hydrogen-bond donors (Lipinski definition) is 3. The number of rotatable bonds is 6. The highest BCUT2D eigenvalue weighted by molar-refractivity contribution is 5.95. The normalized spacial score (nSPS) is 11.1. The van der Waals surface area contributed by atoms with Crippen LogP contribution in [-0.4, -0.2) is 4.98 Å². The molecular formula is C21H19N3O2. The third-order valence-electron chi connectivity index (χ3n) is 4.66. The van der Waals surface area contributed by atoms with Crippen molar-refractivity contribution in [2.45, 2.75) is 19.9 Å². The van der Waals surface area contributed by atoms with E-state index in [-0.39, 0.29) is 0 Å². The maximum absolute atomic E-state index is 12.0. The molecule has 0 unspecified atom stereocenters. The summed E-state index contributed by atoms with van der Waals surface area (Å²) in [6.07, 6.45) is 2.79. The van der Waals surface area contributed by atoms with Gasteiger partial charge in [0.1, 0.15) is 11.4 Å². The lowest BCUT2D eigenvalue weighted by atomic mass is 10.1. The van der Waals surface area contributed by atoms with E-state index < -0.39 is 10.9 Å². The predicted molar refractivity (Wildman–Crippen MR) is 106 cm³/mol. The number of H-pyrrole nitrogens is 1. The van der Waals surface area contributed by atoms with Crippen molar-refractivity contribution in [2.24, 2.45) is 0 Å². The van der Waals surface area contributed by atoms with Crippen LogP contribution in [0.3, 0.4) is 0 Å². The predicted octanol–water partition coefficient (Wildman–Crippen LogP) is 3.68. The Morgan fingerprint density at radius 3 is 2.35 bits per heavy atom. The van der Waals surface area contributed by atoms with E-state index in [4.69, 9.17) is 0 Å². The van der Waals surface area contributed by atoms with Crippen LogP contribution in [0.1, 0.15) is 18.1 Å². The first-order chi connectivity index (χ1) is 12.7. The summed E-state index contributed by atoms with van der Waals surface area (Å²) in [4.78, 5) is 27.1. The van der Waals surface area contributed by atoms with Gasteiger partial charge in [0.2, 0.25) is 0 Å². The average Bonchev–Trinajstić information content (AvgIpc) is 3.10. The molecule has 1 aromatic heterocycles. The molecule has 0 amide bonds. The maximum atomic E-state index is 12.0. The zero-order valence-corrected chi connectivity index (χ0v) is 14.4. The van der Waals surface area contributed by atoms with E-state index >= 15 is 0 Å². The van der Waals surface area contributed by atoms with E-state index in [0.29, 0.717) is 17.9 Å². The first-order valence-electron chi connectivity index (χ1n) is 8.65. The molecule has 3 aromatic carbocycles. The molecular weight excluding hydrogens is 326 g/mol. The van der Waals surface area contributed by atoms with Crippen LogP contribution in [-0.2, 0) is 13.0 Å². The van der Waals surface area contributed by atoms with Crippen LogP contribution in [0.5, 0.6) is 0 Å². The van der Waals surface area contributed by atoms with Crippen molar-refractivity contribution in [3.63, 3.8) is 0 Å². The van der Waals surface area contributed by atoms with Gasteiger partial charge in [0.05, 0.1) is 5.69 Å². The minimum atomic E-state index is -0.487. The molecule has 1 heterocycles. The molecule has 0 aliphatic carbocycles. The lowest BCUT2D eigenvalue weighted by Gasteiger charge is -2.14. The second-order valence-electron chi connectivity index (χ2n) is 6.30. The first kappa shape index (κ1) is 16.1. The summed E-state index contributed by atoms with van der Waals surface area (Å²) in [5.41, 5.74) is 3.79. The van der Waals surface area contributed by atoms with Crippen LogP contribution < -0.4 is 21.5 Å². The SMILES string of the molecule is CCc1ccc(CNc2c(Nc3c[nH]c4ccccc34)c(=O)c2=O)cc1. The molecule has 0 atom stereocenters. The highest BCUT2D eigenvalue weighted by atomic mass is 16.2. The van der Waals surface area contributed by atoms with Gasteiger partial charge in [-0.3, -0.25) is 9.59 Å². The second kappa shape index (κ2) is 6.52. The summed E-state index contributed by atoms with van der Waals surface area (Å²) < 4.78 is 0. The minimum absolute atomic E-state index is 0.324. The molecule has 0 saturated heterocycles. The third kappa shape index (κ3) is 2.77. The highest BCUT2D eigenvalue weighted by Gasteiger charge is 2.21. The summed E-state index contributed by atoms with van der Waals surface area (Å²) in [6, 6.07) is 16.0. The monoisotopic (exact) mass is 345 g/mol. The van der Waals surface area contributed by atoms with Crippen molar-refractivity contribution in [3.8, 4) is 0 Å². The Balaban J connectivity index is 1.54. The van der Waals surface area contributed by atoms with Crippen molar-refractivity contribution in [3.05, 3.63) is 86.3 Å². The lowest BCUT2D eigenvalue weighted by Crippen LogP contribution is -2.36. The average molecular weight is 345 g/mol. The van der Waals surface area contributed by atoms with Crippen LogP contribution in [0.2, 0.25) is 0 Å². The van der Waals surface area contributed by atoms with Gasteiger partial charge in [0.25, 0.3) is 10.9 Å². The van der Waals surface area contributed by atoms with E-state index in [1.165, 1.54) is 5.56 Å². The van der Waals surface area contributed by atoms with Gasteiger partial charge in [0, 0.05) is 23.6 Å². The fraction of sp³-hybridized carbons (Fsp3) is 0.143. The second-order valence-corrected chi connectivity index (χ2v) is 6.30. The number of aryl methyl sites for hydroxylation is 1. The molecule has 4 aromatic rings. The van der Waals surface area contributed by atoms with Crippen molar-refractivity contribution in [2.75, 3.05) is 10.6 Å². The van der Waals surface area contributed by atoms with Crippen LogP contribution in [0, 0.1) is 0 Å². The fourth-order valence-corrected chi connectivity index (χ4v) is 3.07. The van der Waals surface area contributed by atoms with Gasteiger partial charge in [-0.25, -0.2) is 0 Å². The summed E-state index contributed by atoms with van der Waals surface area (Å²) in [6.45, 7) is 2.61. The summed E-state index contributed by atoms with van der Waals surface area (Å²) >= 11 is 0. The molecule has 0 radical (unpaired) electrons. The number of anilines is 3. The Kier molecular flexibility index (Phi) is 4.05. The Bertz CT molecular complexity index is 1130. The zero-order valence-electron chi connectivity index (χ0n) is 14.4. The quantitative estimate of drug-likeness (QED) is 0.466. The molecule has 0 spiro atoms. The Labute approximate surface area is 150 Å². The number of hydrogen-bond acceptors (Lipinski definition) is 4. The van der Waals surface area contributed by atoms with E-state index in [2.05, 4.69) is 34.7 Å². The van der Waals surface area contributed by atoms with Crippen molar-refractivity contribution in [1.82, 2.24) is 4.98 Å². The van der Waals surface area contributed by atoms with Crippen molar-refractivity contribution >= 4 is 28.0 Å². The molecule has 3 N–H and O–H groups in total. The van der Waals surface area contributed by atoms with Gasteiger partial charge in [-0.2, -0.15) is 0 Å². The van der Waals surface area contributed by atoms with Gasteiger partial charge in [-0.1, -0.05) is 49.4 Å². The van der Waals surface area contributed by atoms with E-state index in [1.54, 1.807) is 6.20 Å². The summed E-state index contributed by atoms with van der Waals surface area (Å²) in [5.74, 6) is 0. The largest absolute Gasteiger partial charge is 0.376 e. The number of benzene rings is 2. The smallest absolute Gasteiger partial charge is 0.253 e. The summed E-state index contributed by atoms with van der Waals surface area (Å²) in [7, 11) is 0. The van der Waals surface area contributed by atoms with Crippen LogP contribution in [0.25, 0.3) is 10.9 Å². The molecule has 5 heteroatoms. The van der Waals surface area contributed by atoms with Gasteiger partial charge in [-0.05, 0) is 23.6 Å². The van der Waals surface area contributed by atoms with Gasteiger partial charge in [-0.15, -0.1) is 0 Å². The lowest BCUT2D eigenvalue weighted by molar-refractivity contribution is 1.10. The maximum Gasteiger partial charge on any atom is 0.253 e. The molecule has 0 fully saturated rings. The van der Waals surface area contributed by atoms with E-state index in [0.717, 1.165) is 28.6 Å². The highest BCUT2D eigenvalue weighted by Crippen LogP contribution is 2.27. The molecule has 130 valence electrons. The molecule has 0 bridgehead atoms. The Morgan fingerprint density at radius 1 is 0.885 bits per heavy atom. The number of aromatic amines is 1. The number of fused-ring (bicyclic) bond motifs is 1. The molecule has 5 nitrogen and oxygen atoms in total. The summed E-state index contributed by atoms with van der Waals surface area (Å²) in [5, 5.41) is 7.18. The Morgan fingerprint density at radius 2 is 1.58 bits per heavy atom. The van der Waals surface area contributed by atoms with Crippen molar-refractivity contribution < 1.29 is 0 Å². The molecule has 0 saturated carbocycles. The minimum Gasteiger partial charge on any atom is -0.376 e. The van der Waals surface area contributed by atoms with Crippen LogP contribution in [0.15, 0.2) is 64.3 Å². The molecule has 0 aliphatic rings. The first-order valence-corrected chi connectivity index (χ1v) is 8.65. The zero-order chi connectivity index (χ0) is 18.1. The standard InChI is InChI=1S/C21H19N3O2/c1-2-13-7-9-14(10-8-13)11-23-18-19(21(26)20(18)25)24-17-12-22-16-6-4-3-5-15(16)17/h3-10,12,22-24H,2,11H2,1H3. The molecule has 4 rings (SSSR count). The van der Waals surface area contributed by atoms with Gasteiger partial charge >= 0.3 is 0 Å². The number of nitrogens with one attached hydrogen (secondary N) is 3. The van der Waals surface area contributed by atoms with Crippen LogP contribution in [0.4, 0.5) is 17.1 Å². The van der Waals surface area contributed by atoms with E-state index in [9.17, 15) is 9.59 Å². The van der Waals surface area contributed by atoms with Crippen molar-refractivity contribution in [1.29, 1.82) is 0 Å². The molecule has 26 heavy (non-hydrogen) atoms. The third-order valence-corrected chi connectivity index (χ3v) is 4.66. The molecule has 0 aliphatic heterocycles. The number of aromatic nitrogens is 1.